The third-order valence-electron chi connectivity index (χ3n) is 6.23. The van der Waals surface area contributed by atoms with Gasteiger partial charge in [0.2, 0.25) is 15.9 Å². The zero-order chi connectivity index (χ0) is 23.3. The van der Waals surface area contributed by atoms with Gasteiger partial charge in [0.25, 0.3) is 0 Å². The Labute approximate surface area is 195 Å². The van der Waals surface area contributed by atoms with Gasteiger partial charge in [-0.3, -0.25) is 4.79 Å². The minimum absolute atomic E-state index is 0.109. The molecule has 2 heterocycles. The SMILES string of the molecule is COc1ccc(S(=O)(=O)N2CCCC(C(=O)NCc3ccc(N4CCOCC4)cc3)C2)cc1. The summed E-state index contributed by atoms with van der Waals surface area (Å²) >= 11 is 0. The smallest absolute Gasteiger partial charge is 0.243 e. The van der Waals surface area contributed by atoms with E-state index in [0.29, 0.717) is 31.7 Å². The monoisotopic (exact) mass is 473 g/mol. The van der Waals surface area contributed by atoms with Crippen LogP contribution in [-0.2, 0) is 26.1 Å². The summed E-state index contributed by atoms with van der Waals surface area (Å²) in [5, 5.41) is 2.98. The highest BCUT2D eigenvalue weighted by molar-refractivity contribution is 7.89. The number of rotatable bonds is 7. The van der Waals surface area contributed by atoms with Gasteiger partial charge in [-0.2, -0.15) is 4.31 Å². The van der Waals surface area contributed by atoms with Gasteiger partial charge in [0.1, 0.15) is 5.75 Å². The molecule has 8 nitrogen and oxygen atoms in total. The van der Waals surface area contributed by atoms with E-state index in [4.69, 9.17) is 9.47 Å². The lowest BCUT2D eigenvalue weighted by Crippen LogP contribution is -2.45. The molecule has 0 saturated carbocycles. The summed E-state index contributed by atoms with van der Waals surface area (Å²) in [7, 11) is -2.11. The van der Waals surface area contributed by atoms with Crippen LogP contribution in [0.25, 0.3) is 0 Å². The molecule has 0 aliphatic carbocycles. The van der Waals surface area contributed by atoms with Crippen LogP contribution in [0.2, 0.25) is 0 Å². The van der Waals surface area contributed by atoms with Crippen LogP contribution in [0.3, 0.4) is 0 Å². The Hall–Kier alpha value is -2.62. The highest BCUT2D eigenvalue weighted by atomic mass is 32.2. The van der Waals surface area contributed by atoms with Crippen molar-refractivity contribution >= 4 is 21.6 Å². The number of hydrogen-bond donors (Lipinski definition) is 1. The molecule has 0 spiro atoms. The van der Waals surface area contributed by atoms with Crippen molar-refractivity contribution in [3.63, 3.8) is 0 Å². The molecule has 2 fully saturated rings. The highest BCUT2D eigenvalue weighted by Crippen LogP contribution is 2.25. The number of carbonyl (C=O) groups excluding carboxylic acids is 1. The molecule has 2 aliphatic heterocycles. The van der Waals surface area contributed by atoms with Gasteiger partial charge in [0.15, 0.2) is 0 Å². The maximum Gasteiger partial charge on any atom is 0.243 e. The molecule has 2 aliphatic rings. The van der Waals surface area contributed by atoms with Crippen molar-refractivity contribution < 1.29 is 22.7 Å². The van der Waals surface area contributed by atoms with Crippen molar-refractivity contribution in [2.45, 2.75) is 24.3 Å². The number of hydrogen-bond acceptors (Lipinski definition) is 6. The molecule has 2 saturated heterocycles. The van der Waals surface area contributed by atoms with E-state index < -0.39 is 10.0 Å². The Morgan fingerprint density at radius 2 is 1.76 bits per heavy atom. The van der Waals surface area contributed by atoms with Crippen molar-refractivity contribution in [3.8, 4) is 5.75 Å². The van der Waals surface area contributed by atoms with E-state index in [1.54, 1.807) is 24.3 Å². The lowest BCUT2D eigenvalue weighted by molar-refractivity contribution is -0.126. The van der Waals surface area contributed by atoms with Crippen molar-refractivity contribution in [1.82, 2.24) is 9.62 Å². The summed E-state index contributed by atoms with van der Waals surface area (Å²) in [5.41, 5.74) is 2.17. The van der Waals surface area contributed by atoms with Gasteiger partial charge >= 0.3 is 0 Å². The molecule has 2 aromatic rings. The second kappa shape index (κ2) is 10.5. The van der Waals surface area contributed by atoms with Gasteiger partial charge < -0.3 is 19.7 Å². The Morgan fingerprint density at radius 3 is 2.42 bits per heavy atom. The second-order valence-electron chi connectivity index (χ2n) is 8.36. The summed E-state index contributed by atoms with van der Waals surface area (Å²) in [6, 6.07) is 14.5. The van der Waals surface area contributed by atoms with Crippen LogP contribution in [0.5, 0.6) is 5.75 Å². The maximum absolute atomic E-state index is 13.0. The van der Waals surface area contributed by atoms with Crippen LogP contribution in [0.1, 0.15) is 18.4 Å². The van der Waals surface area contributed by atoms with E-state index >= 15 is 0 Å². The van der Waals surface area contributed by atoms with E-state index in [9.17, 15) is 13.2 Å². The van der Waals surface area contributed by atoms with Gasteiger partial charge in [-0.05, 0) is 54.8 Å². The number of morpholine rings is 1. The molecular weight excluding hydrogens is 442 g/mol. The van der Waals surface area contributed by atoms with E-state index in [2.05, 4.69) is 22.3 Å². The lowest BCUT2D eigenvalue weighted by Gasteiger charge is -2.31. The molecule has 33 heavy (non-hydrogen) atoms. The van der Waals surface area contributed by atoms with Crippen LogP contribution < -0.4 is 15.0 Å². The second-order valence-corrected chi connectivity index (χ2v) is 10.3. The molecule has 2 aromatic carbocycles. The summed E-state index contributed by atoms with van der Waals surface area (Å²) in [6.45, 7) is 4.28. The number of anilines is 1. The summed E-state index contributed by atoms with van der Waals surface area (Å²) in [6.07, 6.45) is 1.33. The molecule has 0 bridgehead atoms. The number of nitrogens with zero attached hydrogens (tertiary/aromatic N) is 2. The van der Waals surface area contributed by atoms with Crippen LogP contribution in [0, 0.1) is 5.92 Å². The van der Waals surface area contributed by atoms with Gasteiger partial charge in [0.05, 0.1) is 31.1 Å². The van der Waals surface area contributed by atoms with Gasteiger partial charge in [-0.15, -0.1) is 0 Å². The topological polar surface area (TPSA) is 88.2 Å². The van der Waals surface area contributed by atoms with Crippen LogP contribution in [-0.4, -0.2) is 65.1 Å². The largest absolute Gasteiger partial charge is 0.497 e. The fourth-order valence-corrected chi connectivity index (χ4v) is 5.78. The first-order valence-electron chi connectivity index (χ1n) is 11.3. The predicted molar refractivity (Wildman–Crippen MR) is 126 cm³/mol. The number of piperidine rings is 1. The quantitative estimate of drug-likeness (QED) is 0.664. The first-order chi connectivity index (χ1) is 16.0. The third kappa shape index (κ3) is 5.66. The molecule has 1 N–H and O–H groups in total. The van der Waals surface area contributed by atoms with E-state index in [-0.39, 0.29) is 23.3 Å². The Balaban J connectivity index is 1.32. The summed E-state index contributed by atoms with van der Waals surface area (Å²) in [5.74, 6) is 0.129. The number of benzene rings is 2. The molecule has 1 unspecified atom stereocenters. The lowest BCUT2D eigenvalue weighted by atomic mass is 9.98. The molecule has 178 valence electrons. The fourth-order valence-electron chi connectivity index (χ4n) is 4.25. The average molecular weight is 474 g/mol. The standard InChI is InChI=1S/C24H31N3O5S/c1-31-22-8-10-23(11-9-22)33(29,30)27-12-2-3-20(18-27)24(28)25-17-19-4-6-21(7-5-19)26-13-15-32-16-14-26/h4-11,20H,2-3,12-18H2,1H3,(H,25,28). The van der Waals surface area contributed by atoms with Crippen molar-refractivity contribution in [1.29, 1.82) is 0 Å². The number of ether oxygens (including phenoxy) is 2. The Morgan fingerprint density at radius 1 is 1.06 bits per heavy atom. The van der Waals surface area contributed by atoms with Gasteiger partial charge in [-0.25, -0.2) is 8.42 Å². The third-order valence-corrected chi connectivity index (χ3v) is 8.11. The minimum Gasteiger partial charge on any atom is -0.497 e. The zero-order valence-corrected chi connectivity index (χ0v) is 19.7. The van der Waals surface area contributed by atoms with E-state index in [1.165, 1.54) is 11.4 Å². The first-order valence-corrected chi connectivity index (χ1v) is 12.7. The molecule has 1 amide bonds. The maximum atomic E-state index is 13.0. The molecule has 9 heteroatoms. The molecule has 1 atom stereocenters. The van der Waals surface area contributed by atoms with Crippen molar-refractivity contribution in [2.75, 3.05) is 51.4 Å². The summed E-state index contributed by atoms with van der Waals surface area (Å²) < 4.78 is 38.0. The number of amides is 1. The Bertz CT molecular complexity index is 1030. The first kappa shape index (κ1) is 23.5. The molecule has 0 radical (unpaired) electrons. The van der Waals surface area contributed by atoms with Crippen molar-refractivity contribution in [3.05, 3.63) is 54.1 Å². The molecular formula is C24H31N3O5S. The predicted octanol–water partition coefficient (Wildman–Crippen LogP) is 2.25. The van der Waals surface area contributed by atoms with E-state index in [1.807, 2.05) is 12.1 Å². The van der Waals surface area contributed by atoms with E-state index in [0.717, 1.165) is 37.6 Å². The van der Waals surface area contributed by atoms with Crippen LogP contribution in [0.15, 0.2) is 53.4 Å². The van der Waals surface area contributed by atoms with Gasteiger partial charge in [0, 0.05) is 38.4 Å². The van der Waals surface area contributed by atoms with Crippen LogP contribution >= 0.6 is 0 Å². The number of nitrogens with one attached hydrogen (secondary N) is 1. The number of carbonyl (C=O) groups is 1. The zero-order valence-electron chi connectivity index (χ0n) is 18.9. The van der Waals surface area contributed by atoms with Crippen LogP contribution in [0.4, 0.5) is 5.69 Å². The Kier molecular flexibility index (Phi) is 7.52. The number of methoxy groups -OCH3 is 1. The minimum atomic E-state index is -3.65. The molecule has 0 aromatic heterocycles. The normalized spacial score (nSPS) is 19.8. The average Bonchev–Trinajstić information content (AvgIpc) is 2.88. The van der Waals surface area contributed by atoms with Gasteiger partial charge in [-0.1, -0.05) is 12.1 Å². The molecule has 4 rings (SSSR count). The fraction of sp³-hybridized carbons (Fsp3) is 0.458. The van der Waals surface area contributed by atoms with Crippen molar-refractivity contribution in [2.24, 2.45) is 5.92 Å². The summed E-state index contributed by atoms with van der Waals surface area (Å²) in [4.78, 5) is 15.3. The number of sulfonamides is 1. The highest BCUT2D eigenvalue weighted by Gasteiger charge is 2.33.